The van der Waals surface area contributed by atoms with Crippen molar-refractivity contribution in [2.45, 2.75) is 26.7 Å². The number of hydrogen-bond donors (Lipinski definition) is 0. The summed E-state index contributed by atoms with van der Waals surface area (Å²) in [6, 6.07) is 6.70. The molecule has 1 aromatic carbocycles. The summed E-state index contributed by atoms with van der Waals surface area (Å²) in [6.45, 7) is 6.01. The quantitative estimate of drug-likeness (QED) is 0.467. The molecule has 0 N–H and O–H groups in total. The van der Waals surface area contributed by atoms with Crippen molar-refractivity contribution in [1.29, 1.82) is 0 Å². The van der Waals surface area contributed by atoms with Crippen molar-refractivity contribution < 1.29 is 19.2 Å². The first-order valence-corrected chi connectivity index (χ1v) is 7.34. The molecular weight excluding hydrogens is 312 g/mol. The zero-order chi connectivity index (χ0) is 17.9. The molecule has 2 aromatic rings. The summed E-state index contributed by atoms with van der Waals surface area (Å²) in [5.41, 5.74) is 1.62. The zero-order valence-corrected chi connectivity index (χ0v) is 13.9. The summed E-state index contributed by atoms with van der Waals surface area (Å²) in [7, 11) is 1.19. The van der Waals surface area contributed by atoms with Crippen LogP contribution in [0.3, 0.4) is 0 Å². The lowest BCUT2D eigenvalue weighted by atomic mass is 10.0. The van der Waals surface area contributed by atoms with Crippen molar-refractivity contribution in [2.75, 3.05) is 7.11 Å². The Kier molecular flexibility index (Phi) is 5.13. The molecule has 0 amide bonds. The van der Waals surface area contributed by atoms with Crippen LogP contribution >= 0.6 is 0 Å². The van der Waals surface area contributed by atoms with Gasteiger partial charge >= 0.3 is 11.7 Å². The molecular formula is C17H18N2O5. The third kappa shape index (κ3) is 3.87. The molecule has 0 bridgehead atoms. The van der Waals surface area contributed by atoms with Crippen molar-refractivity contribution in [3.63, 3.8) is 0 Å². The molecule has 0 saturated heterocycles. The van der Waals surface area contributed by atoms with E-state index in [-0.39, 0.29) is 17.4 Å². The molecule has 0 unspecified atom stereocenters. The number of hydrogen-bond acceptors (Lipinski definition) is 6. The summed E-state index contributed by atoms with van der Waals surface area (Å²) < 4.78 is 10.2. The van der Waals surface area contributed by atoms with Gasteiger partial charge in [-0.15, -0.1) is 0 Å². The number of methoxy groups -OCH3 is 1. The van der Waals surface area contributed by atoms with Crippen molar-refractivity contribution >= 4 is 11.7 Å². The Balaban J connectivity index is 2.42. The average molecular weight is 330 g/mol. The third-order valence-corrected chi connectivity index (χ3v) is 3.40. The lowest BCUT2D eigenvalue weighted by molar-refractivity contribution is -0.386. The van der Waals surface area contributed by atoms with Gasteiger partial charge in [-0.1, -0.05) is 19.9 Å². The summed E-state index contributed by atoms with van der Waals surface area (Å²) in [5.74, 6) is -0.125. The molecule has 126 valence electrons. The Morgan fingerprint density at radius 1 is 1.25 bits per heavy atom. The Bertz CT molecular complexity index is 787. The summed E-state index contributed by atoms with van der Waals surface area (Å²) in [6.07, 6.45) is 1.19. The second-order valence-electron chi connectivity index (χ2n) is 5.63. The number of carbonyl (C=O) groups is 1. The van der Waals surface area contributed by atoms with Gasteiger partial charge in [-0.05, 0) is 36.1 Å². The lowest BCUT2D eigenvalue weighted by Crippen LogP contribution is -2.04. The highest BCUT2D eigenvalue weighted by Crippen LogP contribution is 2.32. The number of carbonyl (C=O) groups excluding carboxylic acids is 1. The highest BCUT2D eigenvalue weighted by molar-refractivity contribution is 5.89. The van der Waals surface area contributed by atoms with Gasteiger partial charge in [0.25, 0.3) is 5.88 Å². The van der Waals surface area contributed by atoms with Crippen LogP contribution < -0.4 is 4.74 Å². The first-order chi connectivity index (χ1) is 11.3. The molecule has 7 nitrogen and oxygen atoms in total. The largest absolute Gasteiger partial charge is 0.465 e. The molecule has 24 heavy (non-hydrogen) atoms. The average Bonchev–Trinajstić information content (AvgIpc) is 2.53. The van der Waals surface area contributed by atoms with Crippen LogP contribution in [0.25, 0.3) is 0 Å². The minimum atomic E-state index is -0.699. The van der Waals surface area contributed by atoms with Crippen LogP contribution in [0.15, 0.2) is 30.5 Å². The Morgan fingerprint density at radius 3 is 2.54 bits per heavy atom. The topological polar surface area (TPSA) is 91.6 Å². The minimum Gasteiger partial charge on any atom is -0.465 e. The van der Waals surface area contributed by atoms with Gasteiger partial charge in [-0.3, -0.25) is 10.1 Å². The molecule has 0 fully saturated rings. The Hall–Kier alpha value is -2.96. The molecule has 0 aliphatic rings. The smallest absolute Gasteiger partial charge is 0.339 e. The number of esters is 1. The molecule has 2 rings (SSSR count). The van der Waals surface area contributed by atoms with E-state index in [1.54, 1.807) is 6.07 Å². The van der Waals surface area contributed by atoms with Gasteiger partial charge in [-0.2, -0.15) is 0 Å². The van der Waals surface area contributed by atoms with Crippen molar-refractivity contribution in [3.8, 4) is 11.6 Å². The standard InChI is InChI=1S/C17H18N2O5/c1-10(2)12-5-11(3)6-14(7-12)24-16-15(19(21)22)8-13(9-18-16)17(20)23-4/h5-10H,1-4H3. The summed E-state index contributed by atoms with van der Waals surface area (Å²) >= 11 is 0. The predicted molar refractivity (Wildman–Crippen MR) is 87.6 cm³/mol. The lowest BCUT2D eigenvalue weighted by Gasteiger charge is -2.11. The van der Waals surface area contributed by atoms with E-state index >= 15 is 0 Å². The van der Waals surface area contributed by atoms with E-state index in [4.69, 9.17) is 4.74 Å². The fourth-order valence-electron chi connectivity index (χ4n) is 2.16. The van der Waals surface area contributed by atoms with Crippen molar-refractivity contribution in [3.05, 3.63) is 57.3 Å². The van der Waals surface area contributed by atoms with Crippen LogP contribution in [0.1, 0.15) is 41.3 Å². The summed E-state index contributed by atoms with van der Waals surface area (Å²) in [4.78, 5) is 26.0. The van der Waals surface area contributed by atoms with E-state index in [1.165, 1.54) is 13.3 Å². The predicted octanol–water partition coefficient (Wildman–Crippen LogP) is 4.00. The molecule has 0 spiro atoms. The first kappa shape index (κ1) is 17.4. The van der Waals surface area contributed by atoms with E-state index in [9.17, 15) is 14.9 Å². The van der Waals surface area contributed by atoms with E-state index in [1.807, 2.05) is 32.9 Å². The molecule has 1 aromatic heterocycles. The van der Waals surface area contributed by atoms with E-state index in [0.717, 1.165) is 17.2 Å². The first-order valence-electron chi connectivity index (χ1n) is 7.34. The monoisotopic (exact) mass is 330 g/mol. The van der Waals surface area contributed by atoms with Crippen LogP contribution in [0, 0.1) is 17.0 Å². The molecule has 0 saturated carbocycles. The number of aryl methyl sites for hydroxylation is 1. The highest BCUT2D eigenvalue weighted by Gasteiger charge is 2.21. The number of aromatic nitrogens is 1. The van der Waals surface area contributed by atoms with Gasteiger partial charge in [0, 0.05) is 12.3 Å². The van der Waals surface area contributed by atoms with Crippen LogP contribution in [-0.4, -0.2) is 23.0 Å². The number of nitro groups is 1. The van der Waals surface area contributed by atoms with Crippen molar-refractivity contribution in [2.24, 2.45) is 0 Å². The maximum Gasteiger partial charge on any atom is 0.339 e. The maximum absolute atomic E-state index is 11.5. The van der Waals surface area contributed by atoms with E-state index in [0.29, 0.717) is 5.75 Å². The third-order valence-electron chi connectivity index (χ3n) is 3.40. The molecule has 0 radical (unpaired) electrons. The summed E-state index contributed by atoms with van der Waals surface area (Å²) in [5, 5.41) is 11.3. The molecule has 1 heterocycles. The number of benzene rings is 1. The zero-order valence-electron chi connectivity index (χ0n) is 13.9. The van der Waals surface area contributed by atoms with Gasteiger partial charge in [0.15, 0.2) is 0 Å². The Labute approximate surface area is 139 Å². The van der Waals surface area contributed by atoms with Gasteiger partial charge in [-0.25, -0.2) is 9.78 Å². The highest BCUT2D eigenvalue weighted by atomic mass is 16.6. The van der Waals surface area contributed by atoms with Crippen LogP contribution in [-0.2, 0) is 4.74 Å². The number of ether oxygens (including phenoxy) is 2. The van der Waals surface area contributed by atoms with Crippen molar-refractivity contribution in [1.82, 2.24) is 4.98 Å². The Morgan fingerprint density at radius 2 is 1.96 bits per heavy atom. The molecule has 0 aliphatic carbocycles. The normalized spacial score (nSPS) is 10.5. The number of pyridine rings is 1. The molecule has 7 heteroatoms. The van der Waals surface area contributed by atoms with Crippen LogP contribution in [0.2, 0.25) is 0 Å². The van der Waals surface area contributed by atoms with Gasteiger partial charge in [0.1, 0.15) is 5.75 Å². The van der Waals surface area contributed by atoms with Gasteiger partial charge < -0.3 is 9.47 Å². The number of rotatable bonds is 5. The molecule has 0 aliphatic heterocycles. The number of nitrogens with zero attached hydrogens (tertiary/aromatic N) is 2. The van der Waals surface area contributed by atoms with Gasteiger partial charge in [0.2, 0.25) is 0 Å². The second kappa shape index (κ2) is 7.08. The van der Waals surface area contributed by atoms with Crippen LogP contribution in [0.5, 0.6) is 11.6 Å². The second-order valence-corrected chi connectivity index (χ2v) is 5.63. The van der Waals surface area contributed by atoms with Gasteiger partial charge in [0.05, 0.1) is 17.6 Å². The van der Waals surface area contributed by atoms with Crippen LogP contribution in [0.4, 0.5) is 5.69 Å². The minimum absolute atomic E-state index is 0.0105. The van der Waals surface area contributed by atoms with E-state index < -0.39 is 16.6 Å². The maximum atomic E-state index is 11.5. The SMILES string of the molecule is COC(=O)c1cnc(Oc2cc(C)cc(C(C)C)c2)c([N+](=O)[O-])c1. The van der Waals surface area contributed by atoms with E-state index in [2.05, 4.69) is 9.72 Å². The fourth-order valence-corrected chi connectivity index (χ4v) is 2.16. The fraction of sp³-hybridized carbons (Fsp3) is 0.294. The molecule has 0 atom stereocenters.